The van der Waals surface area contributed by atoms with Crippen molar-refractivity contribution in [2.24, 2.45) is 0 Å². The highest BCUT2D eigenvalue weighted by Gasteiger charge is 2.15. The first-order valence-electron chi connectivity index (χ1n) is 7.22. The molecular formula is C18H19NO3S. The topological polar surface area (TPSA) is 55.4 Å². The zero-order valence-electron chi connectivity index (χ0n) is 13.3. The lowest BCUT2D eigenvalue weighted by atomic mass is 10.1. The molecule has 0 aliphatic rings. The fourth-order valence-electron chi connectivity index (χ4n) is 1.97. The number of methoxy groups -OCH3 is 1. The highest BCUT2D eigenvalue weighted by molar-refractivity contribution is 8.00. The summed E-state index contributed by atoms with van der Waals surface area (Å²) in [5.74, 6) is 0.653. The summed E-state index contributed by atoms with van der Waals surface area (Å²) < 4.78 is 5.12. The van der Waals surface area contributed by atoms with Crippen LogP contribution in [0.1, 0.15) is 24.2 Å². The van der Waals surface area contributed by atoms with E-state index in [0.717, 1.165) is 10.6 Å². The van der Waals surface area contributed by atoms with E-state index < -0.39 is 0 Å². The lowest BCUT2D eigenvalue weighted by Crippen LogP contribution is -2.22. The van der Waals surface area contributed by atoms with Gasteiger partial charge in [0.05, 0.1) is 12.4 Å². The first kappa shape index (κ1) is 17.1. The maximum Gasteiger partial charge on any atom is 0.237 e. The van der Waals surface area contributed by atoms with Crippen molar-refractivity contribution in [3.05, 3.63) is 54.1 Å². The molecule has 1 N–H and O–H groups in total. The fraction of sp³-hybridized carbons (Fsp3) is 0.222. The van der Waals surface area contributed by atoms with Gasteiger partial charge in [-0.15, -0.1) is 11.8 Å². The Morgan fingerprint density at radius 1 is 1.13 bits per heavy atom. The molecule has 0 radical (unpaired) electrons. The van der Waals surface area contributed by atoms with E-state index in [1.807, 2.05) is 31.2 Å². The summed E-state index contributed by atoms with van der Waals surface area (Å²) >= 11 is 1.47. The molecule has 120 valence electrons. The van der Waals surface area contributed by atoms with Crippen LogP contribution in [0, 0.1) is 0 Å². The quantitative estimate of drug-likeness (QED) is 0.642. The summed E-state index contributed by atoms with van der Waals surface area (Å²) in [6.07, 6.45) is 0. The van der Waals surface area contributed by atoms with Gasteiger partial charge < -0.3 is 10.1 Å². The third-order valence-electron chi connectivity index (χ3n) is 3.28. The monoisotopic (exact) mass is 329 g/mol. The molecule has 4 nitrogen and oxygen atoms in total. The molecule has 0 aliphatic carbocycles. The van der Waals surface area contributed by atoms with E-state index in [1.54, 1.807) is 31.4 Å². The Labute approximate surface area is 140 Å². The van der Waals surface area contributed by atoms with Crippen LogP contribution in [0.2, 0.25) is 0 Å². The largest absolute Gasteiger partial charge is 0.497 e. The lowest BCUT2D eigenvalue weighted by molar-refractivity contribution is -0.115. The Balaban J connectivity index is 1.99. The summed E-state index contributed by atoms with van der Waals surface area (Å²) in [6.45, 7) is 3.35. The third-order valence-corrected chi connectivity index (χ3v) is 4.39. The van der Waals surface area contributed by atoms with Crippen LogP contribution in [0.5, 0.6) is 5.75 Å². The third kappa shape index (κ3) is 4.86. The number of hydrogen-bond donors (Lipinski definition) is 1. The van der Waals surface area contributed by atoms with E-state index in [1.165, 1.54) is 18.7 Å². The number of carbonyl (C=O) groups is 2. The first-order chi connectivity index (χ1) is 11.0. The SMILES string of the molecule is COc1ccc(S[C@H](C)C(=O)Nc2cccc(C(C)=O)c2)cc1. The summed E-state index contributed by atoms with van der Waals surface area (Å²) in [4.78, 5) is 24.7. The molecule has 0 saturated heterocycles. The number of Topliss-reactive ketones (excluding diaryl/α,β-unsaturated/α-hetero) is 1. The number of rotatable bonds is 6. The number of carbonyl (C=O) groups excluding carboxylic acids is 2. The second kappa shape index (κ2) is 7.83. The lowest BCUT2D eigenvalue weighted by Gasteiger charge is -2.12. The van der Waals surface area contributed by atoms with Gasteiger partial charge in [0, 0.05) is 16.1 Å². The van der Waals surface area contributed by atoms with Gasteiger partial charge in [0.25, 0.3) is 0 Å². The van der Waals surface area contributed by atoms with Crippen LogP contribution in [-0.2, 0) is 4.79 Å². The van der Waals surface area contributed by atoms with Crippen LogP contribution in [-0.4, -0.2) is 24.1 Å². The zero-order chi connectivity index (χ0) is 16.8. The molecule has 2 aromatic rings. The van der Waals surface area contributed by atoms with Crippen molar-refractivity contribution in [1.29, 1.82) is 0 Å². The molecule has 0 aromatic heterocycles. The van der Waals surface area contributed by atoms with Crippen LogP contribution in [0.4, 0.5) is 5.69 Å². The average molecular weight is 329 g/mol. The number of nitrogens with one attached hydrogen (secondary N) is 1. The second-order valence-corrected chi connectivity index (χ2v) is 6.48. The Kier molecular flexibility index (Phi) is 5.82. The summed E-state index contributed by atoms with van der Waals surface area (Å²) in [7, 11) is 1.62. The van der Waals surface area contributed by atoms with Crippen LogP contribution in [0.15, 0.2) is 53.4 Å². The predicted molar refractivity (Wildman–Crippen MR) is 93.4 cm³/mol. The predicted octanol–water partition coefficient (Wildman–Crippen LogP) is 4.02. The minimum atomic E-state index is -0.260. The van der Waals surface area contributed by atoms with Crippen molar-refractivity contribution in [3.8, 4) is 5.75 Å². The number of ether oxygens (including phenoxy) is 1. The first-order valence-corrected chi connectivity index (χ1v) is 8.10. The normalized spacial score (nSPS) is 11.6. The average Bonchev–Trinajstić information content (AvgIpc) is 2.55. The molecule has 0 bridgehead atoms. The minimum Gasteiger partial charge on any atom is -0.497 e. The molecule has 1 atom stereocenters. The number of amides is 1. The molecule has 2 rings (SSSR count). The zero-order valence-corrected chi connectivity index (χ0v) is 14.1. The molecule has 5 heteroatoms. The van der Waals surface area contributed by atoms with Gasteiger partial charge in [0.1, 0.15) is 5.75 Å². The van der Waals surface area contributed by atoms with Crippen LogP contribution < -0.4 is 10.1 Å². The van der Waals surface area contributed by atoms with Gasteiger partial charge in [-0.3, -0.25) is 9.59 Å². The molecule has 0 fully saturated rings. The van der Waals surface area contributed by atoms with Gasteiger partial charge >= 0.3 is 0 Å². The van der Waals surface area contributed by atoms with E-state index in [2.05, 4.69) is 5.32 Å². The highest BCUT2D eigenvalue weighted by atomic mass is 32.2. The highest BCUT2D eigenvalue weighted by Crippen LogP contribution is 2.26. The molecule has 0 spiro atoms. The molecule has 2 aromatic carbocycles. The van der Waals surface area contributed by atoms with Gasteiger partial charge in [-0.2, -0.15) is 0 Å². The molecule has 1 amide bonds. The number of benzene rings is 2. The molecule has 0 saturated carbocycles. The van der Waals surface area contributed by atoms with Crippen molar-refractivity contribution >= 4 is 29.1 Å². The van der Waals surface area contributed by atoms with Crippen molar-refractivity contribution in [1.82, 2.24) is 0 Å². The van der Waals surface area contributed by atoms with Gasteiger partial charge in [0.15, 0.2) is 5.78 Å². The van der Waals surface area contributed by atoms with E-state index in [9.17, 15) is 9.59 Å². The van der Waals surface area contributed by atoms with Gasteiger partial charge in [-0.1, -0.05) is 12.1 Å². The summed E-state index contributed by atoms with van der Waals surface area (Å²) in [5.41, 5.74) is 1.21. The maximum atomic E-state index is 12.3. The molecule has 0 heterocycles. The number of anilines is 1. The van der Waals surface area contributed by atoms with Gasteiger partial charge in [-0.05, 0) is 50.2 Å². The van der Waals surface area contributed by atoms with Crippen molar-refractivity contribution in [2.45, 2.75) is 24.0 Å². The standard InChI is InChI=1S/C18H19NO3S/c1-12(20)14-5-4-6-15(11-14)19-18(21)13(2)23-17-9-7-16(22-3)8-10-17/h4-11,13H,1-3H3,(H,19,21)/t13-/m1/s1. The van der Waals surface area contributed by atoms with Gasteiger partial charge in [-0.25, -0.2) is 0 Å². The second-order valence-electron chi connectivity index (χ2n) is 5.06. The molecular weight excluding hydrogens is 310 g/mol. The Morgan fingerprint density at radius 2 is 1.83 bits per heavy atom. The minimum absolute atomic E-state index is 0.0262. The van der Waals surface area contributed by atoms with E-state index in [-0.39, 0.29) is 16.9 Å². The number of ketones is 1. The van der Waals surface area contributed by atoms with Crippen LogP contribution in [0.3, 0.4) is 0 Å². The van der Waals surface area contributed by atoms with Gasteiger partial charge in [0.2, 0.25) is 5.91 Å². The Morgan fingerprint density at radius 3 is 2.43 bits per heavy atom. The van der Waals surface area contributed by atoms with E-state index >= 15 is 0 Å². The smallest absolute Gasteiger partial charge is 0.237 e. The van der Waals surface area contributed by atoms with E-state index in [0.29, 0.717) is 11.3 Å². The van der Waals surface area contributed by atoms with Crippen molar-refractivity contribution in [3.63, 3.8) is 0 Å². The Bertz CT molecular complexity index is 698. The summed E-state index contributed by atoms with van der Waals surface area (Å²) in [5, 5.41) is 2.58. The number of thioether (sulfide) groups is 1. The maximum absolute atomic E-state index is 12.3. The van der Waals surface area contributed by atoms with Crippen LogP contribution in [0.25, 0.3) is 0 Å². The molecule has 23 heavy (non-hydrogen) atoms. The molecule has 0 unspecified atom stereocenters. The van der Waals surface area contributed by atoms with E-state index in [4.69, 9.17) is 4.74 Å². The van der Waals surface area contributed by atoms with Crippen molar-refractivity contribution < 1.29 is 14.3 Å². The van der Waals surface area contributed by atoms with Crippen molar-refractivity contribution in [2.75, 3.05) is 12.4 Å². The summed E-state index contributed by atoms with van der Waals surface area (Å²) in [6, 6.07) is 14.5. The number of hydrogen-bond acceptors (Lipinski definition) is 4. The molecule has 0 aliphatic heterocycles. The van der Waals surface area contributed by atoms with Crippen LogP contribution >= 0.6 is 11.8 Å². The Hall–Kier alpha value is -2.27. The fourth-order valence-corrected chi connectivity index (χ4v) is 2.84.